The van der Waals surface area contributed by atoms with Crippen LogP contribution in [0.1, 0.15) is 23.7 Å². The molecule has 0 saturated carbocycles. The third-order valence-electron chi connectivity index (χ3n) is 2.16. The second-order valence-electron chi connectivity index (χ2n) is 3.02. The Morgan fingerprint density at radius 3 is 2.85 bits per heavy atom. The smallest absolute Gasteiger partial charge is 0.165 e. The minimum absolute atomic E-state index is 0.0718. The molecule has 1 nitrogen and oxygen atoms in total. The molecule has 1 aromatic carbocycles. The lowest BCUT2D eigenvalue weighted by molar-refractivity contribution is 0.174. The number of halogens is 2. The predicted octanol–water partition coefficient (Wildman–Crippen LogP) is 2.42. The van der Waals surface area contributed by atoms with Gasteiger partial charge in [0, 0.05) is 5.56 Å². The van der Waals surface area contributed by atoms with Gasteiger partial charge in [-0.2, -0.15) is 0 Å². The van der Waals surface area contributed by atoms with Crippen LogP contribution in [-0.2, 0) is 0 Å². The van der Waals surface area contributed by atoms with E-state index in [4.69, 9.17) is 0 Å². The van der Waals surface area contributed by atoms with Crippen LogP contribution in [0.25, 0.3) is 6.08 Å². The van der Waals surface area contributed by atoms with Gasteiger partial charge in [-0.3, -0.25) is 0 Å². The first-order valence-corrected chi connectivity index (χ1v) is 4.02. The average Bonchev–Trinajstić information content (AvgIpc) is 2.12. The van der Waals surface area contributed by atoms with E-state index in [9.17, 15) is 13.9 Å². The number of benzene rings is 1. The maximum atomic E-state index is 13.2. The molecule has 68 valence electrons. The summed E-state index contributed by atoms with van der Waals surface area (Å²) in [4.78, 5) is 0. The van der Waals surface area contributed by atoms with Crippen LogP contribution < -0.4 is 0 Å². The molecule has 2 rings (SSSR count). The van der Waals surface area contributed by atoms with Crippen LogP contribution >= 0.6 is 0 Å². The van der Waals surface area contributed by atoms with Crippen LogP contribution in [0.5, 0.6) is 0 Å². The van der Waals surface area contributed by atoms with Crippen molar-refractivity contribution in [2.45, 2.75) is 12.5 Å². The molecule has 0 fully saturated rings. The van der Waals surface area contributed by atoms with Crippen LogP contribution in [0.2, 0.25) is 0 Å². The minimum atomic E-state index is -0.936. The number of hydrogen-bond donors (Lipinski definition) is 1. The summed E-state index contributed by atoms with van der Waals surface area (Å²) in [6.45, 7) is 0. The Hall–Kier alpha value is -1.22. The maximum Gasteiger partial charge on any atom is 0.165 e. The molecule has 1 atom stereocenters. The fourth-order valence-corrected chi connectivity index (χ4v) is 1.51. The zero-order valence-electron chi connectivity index (χ0n) is 6.80. The molecule has 13 heavy (non-hydrogen) atoms. The first-order chi connectivity index (χ1) is 6.20. The summed E-state index contributed by atoms with van der Waals surface area (Å²) in [5, 5.41) is 9.41. The molecule has 0 heterocycles. The van der Waals surface area contributed by atoms with Crippen molar-refractivity contribution in [3.05, 3.63) is 41.0 Å². The fourth-order valence-electron chi connectivity index (χ4n) is 1.51. The normalized spacial score (nSPS) is 20.1. The average molecular weight is 182 g/mol. The third kappa shape index (κ3) is 1.25. The lowest BCUT2D eigenvalue weighted by Gasteiger charge is -2.17. The molecule has 1 aliphatic carbocycles. The lowest BCUT2D eigenvalue weighted by Crippen LogP contribution is -2.07. The van der Waals surface area contributed by atoms with Gasteiger partial charge in [0.1, 0.15) is 0 Å². The van der Waals surface area contributed by atoms with E-state index in [0.29, 0.717) is 12.0 Å². The highest BCUT2D eigenvalue weighted by atomic mass is 19.2. The highest BCUT2D eigenvalue weighted by Gasteiger charge is 2.20. The van der Waals surface area contributed by atoms with Crippen LogP contribution in [0.15, 0.2) is 18.2 Å². The van der Waals surface area contributed by atoms with Gasteiger partial charge < -0.3 is 5.11 Å². The molecule has 1 aromatic rings. The quantitative estimate of drug-likeness (QED) is 0.653. The van der Waals surface area contributed by atoms with E-state index in [1.807, 2.05) is 0 Å². The van der Waals surface area contributed by atoms with Crippen molar-refractivity contribution in [2.75, 3.05) is 0 Å². The van der Waals surface area contributed by atoms with Crippen molar-refractivity contribution in [1.29, 1.82) is 0 Å². The lowest BCUT2D eigenvalue weighted by atomic mass is 9.94. The summed E-state index contributed by atoms with van der Waals surface area (Å²) in [6, 6.07) is 2.53. The van der Waals surface area contributed by atoms with Gasteiger partial charge in [0.05, 0.1) is 6.10 Å². The highest BCUT2D eigenvalue weighted by molar-refractivity contribution is 5.57. The molecular weight excluding hydrogens is 174 g/mol. The first-order valence-electron chi connectivity index (χ1n) is 4.02. The molecule has 0 aromatic heterocycles. The van der Waals surface area contributed by atoms with E-state index in [-0.39, 0.29) is 5.56 Å². The van der Waals surface area contributed by atoms with Gasteiger partial charge in [0.25, 0.3) is 0 Å². The molecule has 0 saturated heterocycles. The molecule has 0 spiro atoms. The summed E-state index contributed by atoms with van der Waals surface area (Å²) >= 11 is 0. The van der Waals surface area contributed by atoms with Gasteiger partial charge in [-0.1, -0.05) is 18.2 Å². The Balaban J connectivity index is 2.66. The Morgan fingerprint density at radius 2 is 2.08 bits per heavy atom. The molecule has 1 N–H and O–H groups in total. The van der Waals surface area contributed by atoms with Gasteiger partial charge >= 0.3 is 0 Å². The third-order valence-corrected chi connectivity index (χ3v) is 2.16. The van der Waals surface area contributed by atoms with Gasteiger partial charge in [-0.25, -0.2) is 8.78 Å². The topological polar surface area (TPSA) is 20.2 Å². The molecule has 0 amide bonds. The fraction of sp³-hybridized carbons (Fsp3) is 0.200. The van der Waals surface area contributed by atoms with E-state index in [0.717, 1.165) is 6.07 Å². The van der Waals surface area contributed by atoms with Gasteiger partial charge in [0.2, 0.25) is 0 Å². The van der Waals surface area contributed by atoms with Crippen LogP contribution in [0, 0.1) is 11.6 Å². The van der Waals surface area contributed by atoms with E-state index >= 15 is 0 Å². The van der Waals surface area contributed by atoms with Gasteiger partial charge in [0.15, 0.2) is 11.6 Å². The van der Waals surface area contributed by atoms with Crippen LogP contribution in [0.3, 0.4) is 0 Å². The van der Waals surface area contributed by atoms with Crippen molar-refractivity contribution >= 4 is 6.08 Å². The molecular formula is C10H8F2O. The Bertz CT molecular complexity index is 371. The van der Waals surface area contributed by atoms with E-state index in [2.05, 4.69) is 0 Å². The van der Waals surface area contributed by atoms with E-state index in [1.165, 1.54) is 6.07 Å². The summed E-state index contributed by atoms with van der Waals surface area (Å²) < 4.78 is 25.9. The number of aliphatic hydroxyl groups excluding tert-OH is 1. The standard InChI is InChI=1S/C10H8F2O/c11-7-5-4-6-2-1-3-8(13)9(6)10(7)12/h1-2,4-5,8,13H,3H2. The maximum absolute atomic E-state index is 13.2. The number of rotatable bonds is 0. The van der Waals surface area contributed by atoms with Crippen molar-refractivity contribution < 1.29 is 13.9 Å². The van der Waals surface area contributed by atoms with E-state index < -0.39 is 17.7 Å². The summed E-state index contributed by atoms with van der Waals surface area (Å²) in [5.41, 5.74) is 0.625. The zero-order chi connectivity index (χ0) is 9.42. The highest BCUT2D eigenvalue weighted by Crippen LogP contribution is 2.30. The SMILES string of the molecule is OC1CC=Cc2ccc(F)c(F)c21. The number of fused-ring (bicyclic) bond motifs is 1. The monoisotopic (exact) mass is 182 g/mol. The summed E-state index contributed by atoms with van der Waals surface area (Å²) in [7, 11) is 0. The van der Waals surface area contributed by atoms with Gasteiger partial charge in [-0.15, -0.1) is 0 Å². The zero-order valence-corrected chi connectivity index (χ0v) is 6.80. The molecule has 1 unspecified atom stereocenters. The van der Waals surface area contributed by atoms with Crippen molar-refractivity contribution in [1.82, 2.24) is 0 Å². The van der Waals surface area contributed by atoms with Crippen molar-refractivity contribution in [3.63, 3.8) is 0 Å². The van der Waals surface area contributed by atoms with Gasteiger partial charge in [-0.05, 0) is 18.1 Å². The van der Waals surface area contributed by atoms with Crippen molar-refractivity contribution in [2.24, 2.45) is 0 Å². The summed E-state index contributed by atoms with van der Waals surface area (Å²) in [6.07, 6.45) is 2.85. The Kier molecular flexibility index (Phi) is 1.88. The van der Waals surface area contributed by atoms with Crippen molar-refractivity contribution in [3.8, 4) is 0 Å². The molecule has 0 radical (unpaired) electrons. The molecule has 3 heteroatoms. The predicted molar refractivity (Wildman–Crippen MR) is 45.0 cm³/mol. The Labute approximate surface area is 74.3 Å². The first kappa shape index (κ1) is 8.38. The second kappa shape index (κ2) is 2.92. The van der Waals surface area contributed by atoms with Crippen LogP contribution in [0.4, 0.5) is 8.78 Å². The van der Waals surface area contributed by atoms with E-state index in [1.54, 1.807) is 12.2 Å². The second-order valence-corrected chi connectivity index (χ2v) is 3.02. The molecule has 0 bridgehead atoms. The number of aliphatic hydroxyl groups is 1. The molecule has 0 aliphatic heterocycles. The van der Waals surface area contributed by atoms with Crippen LogP contribution in [-0.4, -0.2) is 5.11 Å². The Morgan fingerprint density at radius 1 is 1.31 bits per heavy atom. The minimum Gasteiger partial charge on any atom is -0.388 e. The largest absolute Gasteiger partial charge is 0.388 e. The number of hydrogen-bond acceptors (Lipinski definition) is 1. The summed E-state index contributed by atoms with van der Waals surface area (Å²) in [5.74, 6) is -1.84. The molecule has 1 aliphatic rings.